The highest BCUT2D eigenvalue weighted by Gasteiger charge is 2.36. The quantitative estimate of drug-likeness (QED) is 0.171. The van der Waals surface area contributed by atoms with Crippen LogP contribution in [-0.2, 0) is 20.7 Å². The maximum Gasteiger partial charge on any atom is 0.420 e. The molecular formula is C36H35ClFN5O4. The molecule has 3 atom stereocenters. The van der Waals surface area contributed by atoms with Crippen LogP contribution in [0.4, 0.5) is 14.9 Å². The zero-order valence-corrected chi connectivity index (χ0v) is 26.5. The second-order valence-electron chi connectivity index (χ2n) is 11.5. The first-order valence-corrected chi connectivity index (χ1v) is 15.8. The van der Waals surface area contributed by atoms with Crippen molar-refractivity contribution in [2.75, 3.05) is 25.2 Å². The number of benzene rings is 4. The molecule has 1 aliphatic heterocycles. The lowest BCUT2D eigenvalue weighted by Crippen LogP contribution is -2.50. The lowest BCUT2D eigenvalue weighted by Gasteiger charge is -2.31. The third-order valence-electron chi connectivity index (χ3n) is 8.47. The van der Waals surface area contributed by atoms with Crippen LogP contribution in [0.3, 0.4) is 0 Å². The molecule has 1 fully saturated rings. The summed E-state index contributed by atoms with van der Waals surface area (Å²) < 4.78 is 25.2. The number of nitrogens with zero attached hydrogens (tertiary/aromatic N) is 2. The molecule has 0 spiro atoms. The van der Waals surface area contributed by atoms with E-state index >= 15 is 0 Å². The highest BCUT2D eigenvalue weighted by Crippen LogP contribution is 2.31. The molecule has 6 rings (SSSR count). The molecule has 1 aliphatic rings. The average molecular weight is 656 g/mol. The van der Waals surface area contributed by atoms with Crippen LogP contribution in [0, 0.1) is 5.82 Å². The molecule has 2 amide bonds. The SMILES string of the molecule is COC(=O)N(C(=O)[C@@H](N)C(c1ccccc1)c1ccccc1)c1ccccc1CC[C@@H]1CN[C@H](c2nc3cc(Cl)c(F)cc3[nH]2)CO1. The first-order valence-electron chi connectivity index (χ1n) is 15.4. The summed E-state index contributed by atoms with van der Waals surface area (Å²) in [4.78, 5) is 36.2. The van der Waals surface area contributed by atoms with Crippen molar-refractivity contribution in [2.45, 2.75) is 36.9 Å². The van der Waals surface area contributed by atoms with E-state index in [1.54, 1.807) is 12.1 Å². The Morgan fingerprint density at radius 1 is 1.04 bits per heavy atom. The van der Waals surface area contributed by atoms with Gasteiger partial charge in [-0.05, 0) is 41.7 Å². The Kier molecular flexibility index (Phi) is 9.93. The standard InChI is InChI=1S/C36H35ClFN5O4/c1-46-36(45)43(35(44)33(39)32(23-11-4-2-5-12-23)24-13-6-3-7-14-24)31-15-9-8-10-22(31)16-17-25-20-40-30(21-47-25)34-41-28-18-26(37)27(38)19-29(28)42-34/h2-15,18-19,25,30,32-33,40H,16-17,20-21,39H2,1H3,(H,41,42)/t25-,30+,33+/m1/s1. The number of carbonyl (C=O) groups is 2. The summed E-state index contributed by atoms with van der Waals surface area (Å²) in [5, 5.41) is 3.47. The number of aryl methyl sites for hydroxylation is 1. The maximum absolute atomic E-state index is 14.2. The summed E-state index contributed by atoms with van der Waals surface area (Å²) in [6, 6.07) is 27.9. The lowest BCUT2D eigenvalue weighted by molar-refractivity contribution is -0.119. The van der Waals surface area contributed by atoms with Crippen LogP contribution < -0.4 is 16.0 Å². The van der Waals surface area contributed by atoms with Gasteiger partial charge in [-0.2, -0.15) is 0 Å². The molecule has 4 N–H and O–H groups in total. The Morgan fingerprint density at radius 2 is 1.70 bits per heavy atom. The molecule has 5 aromatic rings. The molecule has 0 unspecified atom stereocenters. The fourth-order valence-corrected chi connectivity index (χ4v) is 6.21. The van der Waals surface area contributed by atoms with Gasteiger partial charge in [-0.1, -0.05) is 90.5 Å². The number of amides is 2. The van der Waals surface area contributed by atoms with E-state index in [1.807, 2.05) is 72.8 Å². The van der Waals surface area contributed by atoms with Gasteiger partial charge in [0.15, 0.2) is 0 Å². The van der Waals surface area contributed by atoms with Crippen molar-refractivity contribution in [3.63, 3.8) is 0 Å². The number of rotatable bonds is 9. The van der Waals surface area contributed by atoms with Crippen molar-refractivity contribution in [1.29, 1.82) is 0 Å². The predicted octanol–water partition coefficient (Wildman–Crippen LogP) is 6.28. The largest absolute Gasteiger partial charge is 0.452 e. The number of carbonyl (C=O) groups excluding carboxylic acids is 2. The minimum Gasteiger partial charge on any atom is -0.452 e. The number of ether oxygens (including phenoxy) is 2. The zero-order chi connectivity index (χ0) is 32.9. The molecule has 1 saturated heterocycles. The van der Waals surface area contributed by atoms with Crippen LogP contribution in [0.5, 0.6) is 0 Å². The molecule has 9 nitrogen and oxygen atoms in total. The van der Waals surface area contributed by atoms with E-state index in [1.165, 1.54) is 19.2 Å². The number of nitrogens with two attached hydrogens (primary N) is 1. The van der Waals surface area contributed by atoms with E-state index in [0.29, 0.717) is 48.5 Å². The number of nitrogens with one attached hydrogen (secondary N) is 2. The molecule has 4 aromatic carbocycles. The fraction of sp³-hybridized carbons (Fsp3) is 0.250. The van der Waals surface area contributed by atoms with Gasteiger partial charge < -0.3 is 25.5 Å². The molecular weight excluding hydrogens is 621 g/mol. The Hall–Kier alpha value is -4.61. The summed E-state index contributed by atoms with van der Waals surface area (Å²) in [7, 11) is 1.24. The van der Waals surface area contributed by atoms with Gasteiger partial charge >= 0.3 is 6.09 Å². The number of imidazole rings is 1. The molecule has 242 valence electrons. The number of morpholine rings is 1. The monoisotopic (exact) mass is 655 g/mol. The zero-order valence-electron chi connectivity index (χ0n) is 25.7. The summed E-state index contributed by atoms with van der Waals surface area (Å²) in [5.41, 5.74) is 10.8. The molecule has 2 heterocycles. The van der Waals surface area contributed by atoms with Crippen molar-refractivity contribution in [2.24, 2.45) is 5.73 Å². The van der Waals surface area contributed by atoms with Gasteiger partial charge in [0.05, 0.1) is 53.6 Å². The maximum atomic E-state index is 14.2. The molecule has 0 saturated carbocycles. The van der Waals surface area contributed by atoms with Gasteiger partial charge in [-0.15, -0.1) is 0 Å². The van der Waals surface area contributed by atoms with Crippen molar-refractivity contribution in [3.05, 3.63) is 130 Å². The van der Waals surface area contributed by atoms with Crippen molar-refractivity contribution in [1.82, 2.24) is 15.3 Å². The molecule has 47 heavy (non-hydrogen) atoms. The van der Waals surface area contributed by atoms with Gasteiger partial charge in [-0.25, -0.2) is 19.1 Å². The summed E-state index contributed by atoms with van der Waals surface area (Å²) >= 11 is 5.92. The van der Waals surface area contributed by atoms with Gasteiger partial charge in [0.1, 0.15) is 11.6 Å². The smallest absolute Gasteiger partial charge is 0.420 e. The summed E-state index contributed by atoms with van der Waals surface area (Å²) in [6.45, 7) is 0.893. The van der Waals surface area contributed by atoms with Crippen LogP contribution >= 0.6 is 11.6 Å². The lowest BCUT2D eigenvalue weighted by atomic mass is 9.84. The third-order valence-corrected chi connectivity index (χ3v) is 8.76. The minimum atomic E-state index is -1.08. The number of hydrogen-bond acceptors (Lipinski definition) is 7. The Labute approximate surface area is 276 Å². The number of para-hydroxylation sites is 1. The van der Waals surface area contributed by atoms with Crippen LogP contribution in [0.2, 0.25) is 5.02 Å². The number of fused-ring (bicyclic) bond motifs is 1. The number of anilines is 1. The summed E-state index contributed by atoms with van der Waals surface area (Å²) in [6.07, 6.45) is 0.180. The van der Waals surface area contributed by atoms with Crippen LogP contribution in [0.15, 0.2) is 97.1 Å². The molecule has 1 aromatic heterocycles. The molecule has 0 radical (unpaired) electrons. The van der Waals surface area contributed by atoms with E-state index in [4.69, 9.17) is 26.8 Å². The van der Waals surface area contributed by atoms with Gasteiger partial charge in [0.2, 0.25) is 0 Å². The van der Waals surface area contributed by atoms with Crippen LogP contribution in [-0.4, -0.2) is 54.4 Å². The fourth-order valence-electron chi connectivity index (χ4n) is 6.05. The normalized spacial score (nSPS) is 17.0. The van der Waals surface area contributed by atoms with E-state index in [2.05, 4.69) is 15.3 Å². The second kappa shape index (κ2) is 14.4. The summed E-state index contributed by atoms with van der Waals surface area (Å²) in [5.74, 6) is -0.948. The van der Waals surface area contributed by atoms with Crippen LogP contribution in [0.25, 0.3) is 11.0 Å². The first-order chi connectivity index (χ1) is 22.8. The highest BCUT2D eigenvalue weighted by atomic mass is 35.5. The third kappa shape index (κ3) is 7.06. The number of hydrogen-bond donors (Lipinski definition) is 3. The predicted molar refractivity (Wildman–Crippen MR) is 179 cm³/mol. The van der Waals surface area contributed by atoms with E-state index in [9.17, 15) is 14.0 Å². The van der Waals surface area contributed by atoms with Gasteiger partial charge in [-0.3, -0.25) is 4.79 Å². The first kappa shape index (κ1) is 32.3. The van der Waals surface area contributed by atoms with Crippen LogP contribution in [0.1, 0.15) is 40.9 Å². The van der Waals surface area contributed by atoms with E-state index in [0.717, 1.165) is 21.6 Å². The van der Waals surface area contributed by atoms with Gasteiger partial charge in [0.25, 0.3) is 5.91 Å². The molecule has 0 aliphatic carbocycles. The van der Waals surface area contributed by atoms with E-state index in [-0.39, 0.29) is 17.2 Å². The minimum absolute atomic E-state index is 0.0189. The molecule has 0 bridgehead atoms. The number of methoxy groups -OCH3 is 1. The molecule has 11 heteroatoms. The number of imide groups is 1. The van der Waals surface area contributed by atoms with Crippen molar-refractivity contribution in [3.8, 4) is 0 Å². The Morgan fingerprint density at radius 3 is 2.34 bits per heavy atom. The van der Waals surface area contributed by atoms with E-state index < -0.39 is 29.8 Å². The topological polar surface area (TPSA) is 123 Å². The second-order valence-corrected chi connectivity index (χ2v) is 11.9. The number of H-pyrrole nitrogens is 1. The number of aromatic amines is 1. The number of halogens is 2. The van der Waals surface area contributed by atoms with Gasteiger partial charge in [0, 0.05) is 18.5 Å². The van der Waals surface area contributed by atoms with Crippen molar-refractivity contribution >= 4 is 40.3 Å². The number of aromatic nitrogens is 2. The Bertz CT molecular complexity index is 1770. The van der Waals surface area contributed by atoms with Crippen molar-refractivity contribution < 1.29 is 23.5 Å². The average Bonchev–Trinajstić information content (AvgIpc) is 3.51. The Balaban J connectivity index is 1.17. The highest BCUT2D eigenvalue weighted by molar-refractivity contribution is 6.31.